The Morgan fingerprint density at radius 2 is 1.77 bits per heavy atom. The first-order valence-corrected chi connectivity index (χ1v) is 11.7. The number of likely N-dealkylation sites (tertiary alicyclic amines) is 2. The van der Waals surface area contributed by atoms with Crippen molar-refractivity contribution in [2.75, 3.05) is 26.2 Å². The maximum Gasteiger partial charge on any atom is 0.233 e. The zero-order chi connectivity index (χ0) is 22.2. The minimum atomic E-state index is -0.225. The number of carbonyl (C=O) groups is 3. The maximum atomic E-state index is 13.2. The van der Waals surface area contributed by atoms with E-state index in [0.717, 1.165) is 69.5 Å². The second-order valence-corrected chi connectivity index (χ2v) is 9.47. The molecule has 0 radical (unpaired) electrons. The fourth-order valence-corrected chi connectivity index (χ4v) is 5.70. The Morgan fingerprint density at radius 3 is 2.39 bits per heavy atom. The summed E-state index contributed by atoms with van der Waals surface area (Å²) in [6.45, 7) is 9.54. The van der Waals surface area contributed by atoms with Crippen LogP contribution in [0.25, 0.3) is 0 Å². The zero-order valence-electron chi connectivity index (χ0n) is 19.1. The molecule has 31 heavy (non-hydrogen) atoms. The number of ketones is 2. The number of nitrogens with zero attached hydrogens (tertiary/aromatic N) is 2. The van der Waals surface area contributed by atoms with Gasteiger partial charge in [0.2, 0.25) is 5.91 Å². The maximum absolute atomic E-state index is 13.2. The number of amides is 1. The molecule has 1 spiro atoms. The monoisotopic (exact) mass is 422 g/mol. The minimum Gasteiger partial charge on any atom is -0.316 e. The van der Waals surface area contributed by atoms with Crippen molar-refractivity contribution >= 4 is 17.5 Å². The molecule has 3 aliphatic rings. The lowest BCUT2D eigenvalue weighted by Gasteiger charge is -2.38. The molecule has 1 aromatic carbocycles. The molecule has 4 rings (SSSR count). The largest absolute Gasteiger partial charge is 0.316 e. The lowest BCUT2D eigenvalue weighted by atomic mass is 9.77. The average molecular weight is 423 g/mol. The second-order valence-electron chi connectivity index (χ2n) is 9.47. The highest BCUT2D eigenvalue weighted by atomic mass is 16.2. The number of rotatable bonds is 6. The first-order chi connectivity index (χ1) is 14.8. The Bertz CT molecular complexity index is 938. The molecule has 2 heterocycles. The number of Topliss-reactive ketones (excluding diaryl/α,β-unsaturated/α-hetero) is 1. The fourth-order valence-electron chi connectivity index (χ4n) is 5.70. The summed E-state index contributed by atoms with van der Waals surface area (Å²) in [5.41, 5.74) is 5.32. The summed E-state index contributed by atoms with van der Waals surface area (Å²) >= 11 is 0. The van der Waals surface area contributed by atoms with Crippen LogP contribution in [0.2, 0.25) is 0 Å². The van der Waals surface area contributed by atoms with E-state index in [1.165, 1.54) is 16.7 Å². The molecule has 2 fully saturated rings. The molecule has 2 aliphatic heterocycles. The van der Waals surface area contributed by atoms with Crippen LogP contribution in [-0.2, 0) is 22.4 Å². The van der Waals surface area contributed by atoms with Crippen LogP contribution in [0.5, 0.6) is 0 Å². The molecule has 0 atom stereocenters. The third kappa shape index (κ3) is 4.12. The number of piperidine rings is 1. The van der Waals surface area contributed by atoms with Crippen LogP contribution in [0.4, 0.5) is 0 Å². The fraction of sp³-hybridized carbons (Fsp3) is 0.577. The van der Waals surface area contributed by atoms with E-state index in [-0.39, 0.29) is 22.9 Å². The summed E-state index contributed by atoms with van der Waals surface area (Å²) in [5.74, 6) is 0.536. The van der Waals surface area contributed by atoms with Gasteiger partial charge in [0.05, 0.1) is 5.41 Å². The van der Waals surface area contributed by atoms with E-state index >= 15 is 0 Å². The Hall–Kier alpha value is -2.27. The van der Waals surface area contributed by atoms with Crippen molar-refractivity contribution in [3.63, 3.8) is 0 Å². The molecule has 0 N–H and O–H groups in total. The smallest absolute Gasteiger partial charge is 0.233 e. The first-order valence-electron chi connectivity index (χ1n) is 11.7. The van der Waals surface area contributed by atoms with Gasteiger partial charge in [0.25, 0.3) is 0 Å². The molecule has 5 nitrogen and oxygen atoms in total. The highest BCUT2D eigenvalue weighted by Crippen LogP contribution is 2.43. The summed E-state index contributed by atoms with van der Waals surface area (Å²) in [7, 11) is 0. The number of hydrogen-bond donors (Lipinski definition) is 0. The van der Waals surface area contributed by atoms with Gasteiger partial charge in [-0.2, -0.15) is 0 Å². The molecule has 0 saturated carbocycles. The van der Waals surface area contributed by atoms with Crippen molar-refractivity contribution < 1.29 is 14.4 Å². The van der Waals surface area contributed by atoms with Gasteiger partial charge < -0.3 is 9.80 Å². The zero-order valence-corrected chi connectivity index (χ0v) is 19.1. The Kier molecular flexibility index (Phi) is 6.16. The molecule has 2 saturated heterocycles. The van der Waals surface area contributed by atoms with Gasteiger partial charge in [-0.3, -0.25) is 14.4 Å². The van der Waals surface area contributed by atoms with E-state index in [4.69, 9.17) is 0 Å². The van der Waals surface area contributed by atoms with Gasteiger partial charge in [-0.1, -0.05) is 19.1 Å². The lowest BCUT2D eigenvalue weighted by molar-refractivity contribution is -0.136. The van der Waals surface area contributed by atoms with E-state index in [1.807, 2.05) is 11.0 Å². The first kappa shape index (κ1) is 21.9. The van der Waals surface area contributed by atoms with Gasteiger partial charge in [-0.25, -0.2) is 0 Å². The van der Waals surface area contributed by atoms with Crippen LogP contribution >= 0.6 is 0 Å². The van der Waals surface area contributed by atoms with E-state index in [9.17, 15) is 14.4 Å². The summed E-state index contributed by atoms with van der Waals surface area (Å²) in [4.78, 5) is 41.1. The van der Waals surface area contributed by atoms with Crippen molar-refractivity contribution in [1.82, 2.24) is 9.80 Å². The molecule has 0 unspecified atom stereocenters. The average Bonchev–Trinajstić information content (AvgIpc) is 3.31. The van der Waals surface area contributed by atoms with Gasteiger partial charge in [-0.15, -0.1) is 0 Å². The Balaban J connectivity index is 1.35. The van der Waals surface area contributed by atoms with Crippen LogP contribution < -0.4 is 0 Å². The molecule has 0 aromatic heterocycles. The standard InChI is InChI=1S/C26H34N2O3/c1-4-23-18(2)20(5-8-24(23)19(3)29)9-13-27-14-10-26(11-15-27)12-16-28(25(26)31)21-6-7-22(30)17-21/h5,8,17H,4,6-7,9-16H2,1-3H3. The molecular formula is C26H34N2O3. The van der Waals surface area contributed by atoms with E-state index in [1.54, 1.807) is 13.0 Å². The predicted molar refractivity (Wildman–Crippen MR) is 121 cm³/mol. The molecular weight excluding hydrogens is 388 g/mol. The quantitative estimate of drug-likeness (QED) is 0.653. The number of hydrogen-bond acceptors (Lipinski definition) is 4. The van der Waals surface area contributed by atoms with Gasteiger partial charge in [0.1, 0.15) is 0 Å². The normalized spacial score (nSPS) is 21.3. The van der Waals surface area contributed by atoms with Gasteiger partial charge in [0, 0.05) is 36.8 Å². The third-order valence-corrected chi connectivity index (χ3v) is 7.77. The molecule has 5 heteroatoms. The van der Waals surface area contributed by atoms with E-state index < -0.39 is 0 Å². The van der Waals surface area contributed by atoms with Crippen LogP contribution in [0.15, 0.2) is 23.9 Å². The number of allylic oxidation sites excluding steroid dienone is 2. The predicted octanol–water partition coefficient (Wildman–Crippen LogP) is 3.86. The van der Waals surface area contributed by atoms with Crippen molar-refractivity contribution in [2.45, 2.75) is 65.7 Å². The van der Waals surface area contributed by atoms with Crippen molar-refractivity contribution in [1.29, 1.82) is 0 Å². The van der Waals surface area contributed by atoms with E-state index in [2.05, 4.69) is 24.8 Å². The third-order valence-electron chi connectivity index (χ3n) is 7.77. The van der Waals surface area contributed by atoms with Crippen molar-refractivity contribution in [2.24, 2.45) is 5.41 Å². The summed E-state index contributed by atoms with van der Waals surface area (Å²) in [6.07, 6.45) is 7.52. The summed E-state index contributed by atoms with van der Waals surface area (Å²) < 4.78 is 0. The van der Waals surface area contributed by atoms with Gasteiger partial charge in [0.15, 0.2) is 11.6 Å². The molecule has 1 aromatic rings. The molecule has 1 amide bonds. The van der Waals surface area contributed by atoms with Crippen molar-refractivity contribution in [3.05, 3.63) is 46.2 Å². The van der Waals surface area contributed by atoms with Gasteiger partial charge >= 0.3 is 0 Å². The number of benzene rings is 1. The van der Waals surface area contributed by atoms with Crippen LogP contribution in [0, 0.1) is 12.3 Å². The molecule has 0 bridgehead atoms. The number of carbonyl (C=O) groups excluding carboxylic acids is 3. The van der Waals surface area contributed by atoms with E-state index in [0.29, 0.717) is 12.8 Å². The SMILES string of the molecule is CCc1c(C(C)=O)ccc(CCN2CCC3(CC2)CCN(C2=CC(=O)CC2)C3=O)c1C. The van der Waals surface area contributed by atoms with Crippen LogP contribution in [0.3, 0.4) is 0 Å². The molecule has 1 aliphatic carbocycles. The van der Waals surface area contributed by atoms with Crippen LogP contribution in [-0.4, -0.2) is 53.5 Å². The highest BCUT2D eigenvalue weighted by molar-refractivity contribution is 5.96. The van der Waals surface area contributed by atoms with Crippen molar-refractivity contribution in [3.8, 4) is 0 Å². The molecule has 166 valence electrons. The lowest BCUT2D eigenvalue weighted by Crippen LogP contribution is -2.45. The highest BCUT2D eigenvalue weighted by Gasteiger charge is 2.49. The van der Waals surface area contributed by atoms with Crippen LogP contribution in [0.1, 0.15) is 73.0 Å². The minimum absolute atomic E-state index is 0.140. The van der Waals surface area contributed by atoms with Gasteiger partial charge in [-0.05, 0) is 82.2 Å². The summed E-state index contributed by atoms with van der Waals surface area (Å²) in [5, 5.41) is 0. The topological polar surface area (TPSA) is 57.7 Å². The summed E-state index contributed by atoms with van der Waals surface area (Å²) in [6, 6.07) is 4.11. The second kappa shape index (κ2) is 8.70. The Labute approximate surface area is 185 Å². The Morgan fingerprint density at radius 1 is 1.06 bits per heavy atom.